The van der Waals surface area contributed by atoms with Crippen LogP contribution in [0.5, 0.6) is 5.75 Å². The number of sulfonamides is 2. The van der Waals surface area contributed by atoms with Crippen LogP contribution in [0.15, 0.2) is 47.4 Å². The van der Waals surface area contributed by atoms with Crippen molar-refractivity contribution in [3.63, 3.8) is 0 Å². The molecule has 0 bridgehead atoms. The smallest absolute Gasteiger partial charge is 0.242 e. The number of anilines is 1. The number of ether oxygens (including phenoxy) is 1. The van der Waals surface area contributed by atoms with Crippen LogP contribution in [-0.2, 0) is 31.3 Å². The molecule has 0 aliphatic carbocycles. The number of fused-ring (bicyclic) bond motifs is 1. The molecule has 3 atom stereocenters. The van der Waals surface area contributed by atoms with Crippen LogP contribution < -0.4 is 9.46 Å². The SMILES string of the molecule is C[C@@H]1CN([C@H](C)CO)C(=O)Cc2cc(NS(C)(=O)=O)ccc2O[C@@H]1CN(C)S(=O)(=O)c1ccc(F)cc1. The van der Waals surface area contributed by atoms with Crippen LogP contribution in [0.4, 0.5) is 10.1 Å². The van der Waals surface area contributed by atoms with Crippen LogP contribution in [0.3, 0.4) is 0 Å². The van der Waals surface area contributed by atoms with E-state index in [0.29, 0.717) is 11.3 Å². The number of hydrogen-bond acceptors (Lipinski definition) is 7. The number of amides is 1. The van der Waals surface area contributed by atoms with Gasteiger partial charge in [-0.05, 0) is 49.4 Å². The third-order valence-electron chi connectivity index (χ3n) is 6.18. The number of carbonyl (C=O) groups is 1. The topological polar surface area (TPSA) is 133 Å². The lowest BCUT2D eigenvalue weighted by Crippen LogP contribution is -2.48. The number of hydrogen-bond donors (Lipinski definition) is 2. The molecule has 2 aromatic rings. The monoisotopic (exact) mass is 557 g/mol. The van der Waals surface area contributed by atoms with Crippen LogP contribution >= 0.6 is 0 Å². The first-order valence-corrected chi connectivity index (χ1v) is 14.9. The Kier molecular flexibility index (Phi) is 8.83. The van der Waals surface area contributed by atoms with E-state index in [0.717, 1.165) is 22.7 Å². The van der Waals surface area contributed by atoms with Crippen LogP contribution in [-0.4, -0.2) is 82.2 Å². The van der Waals surface area contributed by atoms with E-state index in [1.165, 1.54) is 42.3 Å². The third-order valence-corrected chi connectivity index (χ3v) is 8.62. The molecule has 1 heterocycles. The second-order valence-corrected chi connectivity index (χ2v) is 13.1. The standard InChI is InChI=1S/C24H32FN3O7S2/c1-16-13-28(17(2)15-29)24(30)12-18-11-20(26-36(4,31)32)7-10-22(18)35-23(16)14-27(3)37(33,34)21-8-5-19(25)6-9-21/h5-11,16-17,23,26,29H,12-15H2,1-4H3/t16-,17-,23-/m1/s1. The second-order valence-electron chi connectivity index (χ2n) is 9.32. The molecule has 13 heteroatoms. The molecule has 1 aliphatic heterocycles. The molecule has 2 N–H and O–H groups in total. The summed E-state index contributed by atoms with van der Waals surface area (Å²) in [6.07, 6.45) is 0.185. The molecule has 10 nitrogen and oxygen atoms in total. The highest BCUT2D eigenvalue weighted by atomic mass is 32.2. The maximum absolute atomic E-state index is 13.3. The number of halogens is 1. The lowest BCUT2D eigenvalue weighted by atomic mass is 10.0. The number of benzene rings is 2. The van der Waals surface area contributed by atoms with Crippen molar-refractivity contribution in [1.29, 1.82) is 0 Å². The number of aliphatic hydroxyl groups is 1. The number of nitrogens with zero attached hydrogens (tertiary/aromatic N) is 2. The van der Waals surface area contributed by atoms with Crippen LogP contribution in [0.1, 0.15) is 19.4 Å². The van der Waals surface area contributed by atoms with E-state index in [1.807, 2.05) is 6.92 Å². The molecule has 1 aliphatic rings. The predicted molar refractivity (Wildman–Crippen MR) is 137 cm³/mol. The van der Waals surface area contributed by atoms with Gasteiger partial charge in [0.15, 0.2) is 0 Å². The zero-order valence-corrected chi connectivity index (χ0v) is 22.7. The van der Waals surface area contributed by atoms with Crippen molar-refractivity contribution < 1.29 is 35.9 Å². The highest BCUT2D eigenvalue weighted by Crippen LogP contribution is 2.30. The summed E-state index contributed by atoms with van der Waals surface area (Å²) in [5, 5.41) is 9.74. The first kappa shape index (κ1) is 28.8. The van der Waals surface area contributed by atoms with Gasteiger partial charge < -0.3 is 14.7 Å². The number of likely N-dealkylation sites (N-methyl/N-ethyl adjacent to an activating group) is 1. The van der Waals surface area contributed by atoms with Gasteiger partial charge in [-0.3, -0.25) is 9.52 Å². The van der Waals surface area contributed by atoms with Gasteiger partial charge in [0.25, 0.3) is 0 Å². The van der Waals surface area contributed by atoms with Gasteiger partial charge in [0.05, 0.1) is 36.8 Å². The summed E-state index contributed by atoms with van der Waals surface area (Å²) >= 11 is 0. The lowest BCUT2D eigenvalue weighted by Gasteiger charge is -2.33. The molecule has 0 fully saturated rings. The molecule has 3 rings (SSSR count). The van der Waals surface area contributed by atoms with Gasteiger partial charge >= 0.3 is 0 Å². The highest BCUT2D eigenvalue weighted by molar-refractivity contribution is 7.92. The maximum atomic E-state index is 13.3. The maximum Gasteiger partial charge on any atom is 0.242 e. The van der Waals surface area contributed by atoms with E-state index >= 15 is 0 Å². The van der Waals surface area contributed by atoms with Crippen molar-refractivity contribution in [2.45, 2.75) is 37.3 Å². The minimum atomic E-state index is -3.97. The molecule has 37 heavy (non-hydrogen) atoms. The lowest BCUT2D eigenvalue weighted by molar-refractivity contribution is -0.134. The van der Waals surface area contributed by atoms with Gasteiger partial charge in [0.1, 0.15) is 17.7 Å². The highest BCUT2D eigenvalue weighted by Gasteiger charge is 2.33. The average Bonchev–Trinajstić information content (AvgIpc) is 2.85. The molecule has 0 radical (unpaired) electrons. The Bertz CT molecular complexity index is 1330. The summed E-state index contributed by atoms with van der Waals surface area (Å²) in [5.74, 6) is -0.888. The zero-order valence-electron chi connectivity index (χ0n) is 21.1. The number of carbonyl (C=O) groups excluding carboxylic acids is 1. The largest absolute Gasteiger partial charge is 0.488 e. The van der Waals surface area contributed by atoms with Crippen LogP contribution in [0.2, 0.25) is 0 Å². The molecule has 2 aromatic carbocycles. The Morgan fingerprint density at radius 1 is 1.19 bits per heavy atom. The van der Waals surface area contributed by atoms with Crippen molar-refractivity contribution in [3.05, 3.63) is 53.8 Å². The summed E-state index contributed by atoms with van der Waals surface area (Å²) in [5.41, 5.74) is 0.663. The summed E-state index contributed by atoms with van der Waals surface area (Å²) in [4.78, 5) is 14.7. The van der Waals surface area contributed by atoms with Crippen molar-refractivity contribution in [2.24, 2.45) is 5.92 Å². The van der Waals surface area contributed by atoms with Gasteiger partial charge in [-0.1, -0.05) is 6.92 Å². The molecular weight excluding hydrogens is 525 g/mol. The van der Waals surface area contributed by atoms with Crippen LogP contribution in [0.25, 0.3) is 0 Å². The number of nitrogens with one attached hydrogen (secondary N) is 1. The van der Waals surface area contributed by atoms with Gasteiger partial charge in [0.2, 0.25) is 26.0 Å². The van der Waals surface area contributed by atoms with E-state index in [4.69, 9.17) is 4.74 Å². The Balaban J connectivity index is 1.99. The minimum Gasteiger partial charge on any atom is -0.488 e. The van der Waals surface area contributed by atoms with Crippen molar-refractivity contribution in [3.8, 4) is 5.75 Å². The predicted octanol–water partition coefficient (Wildman–Crippen LogP) is 1.67. The summed E-state index contributed by atoms with van der Waals surface area (Å²) in [6.45, 7) is 3.35. The Morgan fingerprint density at radius 3 is 2.43 bits per heavy atom. The molecule has 1 amide bonds. The van der Waals surface area contributed by atoms with E-state index < -0.39 is 38.0 Å². The minimum absolute atomic E-state index is 0.0743. The van der Waals surface area contributed by atoms with Crippen molar-refractivity contribution in [1.82, 2.24) is 9.21 Å². The van der Waals surface area contributed by atoms with Gasteiger partial charge in [-0.2, -0.15) is 4.31 Å². The summed E-state index contributed by atoms with van der Waals surface area (Å²) in [6, 6.07) is 8.53. The third kappa shape index (κ3) is 7.18. The van der Waals surface area contributed by atoms with E-state index in [9.17, 15) is 31.1 Å². The first-order chi connectivity index (χ1) is 17.2. The number of rotatable bonds is 8. The molecule has 0 saturated heterocycles. The van der Waals surface area contributed by atoms with Gasteiger partial charge in [0, 0.05) is 30.8 Å². The fourth-order valence-electron chi connectivity index (χ4n) is 4.06. The molecule has 0 aromatic heterocycles. The van der Waals surface area contributed by atoms with Crippen LogP contribution in [0, 0.1) is 11.7 Å². The normalized spacial score (nSPS) is 19.9. The second kappa shape index (κ2) is 11.3. The summed E-state index contributed by atoms with van der Waals surface area (Å²) < 4.78 is 72.7. The van der Waals surface area contributed by atoms with Gasteiger partial charge in [-0.25, -0.2) is 21.2 Å². The molecule has 0 spiro atoms. The van der Waals surface area contributed by atoms with E-state index in [-0.39, 0.29) is 48.5 Å². The van der Waals surface area contributed by atoms with Crippen molar-refractivity contribution >= 4 is 31.6 Å². The van der Waals surface area contributed by atoms with Crippen molar-refractivity contribution in [2.75, 3.05) is 37.7 Å². The zero-order chi connectivity index (χ0) is 27.5. The fraction of sp³-hybridized carbons (Fsp3) is 0.458. The number of aliphatic hydroxyl groups excluding tert-OH is 1. The Labute approximate surface area is 217 Å². The molecule has 0 saturated carbocycles. The first-order valence-electron chi connectivity index (χ1n) is 11.6. The van der Waals surface area contributed by atoms with Gasteiger partial charge in [-0.15, -0.1) is 0 Å². The Hall–Kier alpha value is -2.74. The molecular formula is C24H32FN3O7S2. The molecule has 0 unspecified atom stereocenters. The quantitative estimate of drug-likeness (QED) is 0.504. The van der Waals surface area contributed by atoms with E-state index in [1.54, 1.807) is 6.92 Å². The van der Waals surface area contributed by atoms with E-state index in [2.05, 4.69) is 4.72 Å². The molecule has 204 valence electrons. The summed E-state index contributed by atoms with van der Waals surface area (Å²) in [7, 11) is -6.15. The Morgan fingerprint density at radius 2 is 1.84 bits per heavy atom. The fourth-order valence-corrected chi connectivity index (χ4v) is 5.80. The average molecular weight is 558 g/mol.